The molecule has 2 aliphatic carbocycles. The first-order chi connectivity index (χ1) is 18.3. The Labute approximate surface area is 268 Å². The maximum Gasteiger partial charge on any atom is 2.00 e. The molecule has 6 heteroatoms. The van der Waals surface area contributed by atoms with Gasteiger partial charge in [0.05, 0.1) is 12.4 Å². The third kappa shape index (κ3) is 5.73. The molecule has 2 saturated carbocycles. The zero-order chi connectivity index (χ0) is 25.2. The average Bonchev–Trinajstić information content (AvgIpc) is 3.25. The van der Waals surface area contributed by atoms with Gasteiger partial charge in [-0.1, -0.05) is 83.4 Å². The van der Waals surface area contributed by atoms with Crippen LogP contribution in [0.3, 0.4) is 0 Å². The van der Waals surface area contributed by atoms with E-state index in [0.29, 0.717) is 0 Å². The topological polar surface area (TPSA) is 9.23 Å². The number of halogens is 2. The first kappa shape index (κ1) is 33.3. The van der Waals surface area contributed by atoms with E-state index < -0.39 is 0 Å². The molecule has 0 unspecified atom stereocenters. The smallest absolute Gasteiger partial charge is 1.00 e. The average molecular weight is 688 g/mol. The number of benzene rings is 3. The summed E-state index contributed by atoms with van der Waals surface area (Å²) in [5.74, 6) is 1.11. The molecular weight excluding hydrogens is 647 g/mol. The van der Waals surface area contributed by atoms with Crippen molar-refractivity contribution in [3.05, 3.63) is 79.4 Å². The Kier molecular flexibility index (Phi) is 12.4. The van der Waals surface area contributed by atoms with Crippen LogP contribution in [0.1, 0.15) is 64.2 Å². The number of quaternary nitrogens is 1. The minimum absolute atomic E-state index is 0. The molecule has 0 spiro atoms. The van der Waals surface area contributed by atoms with Gasteiger partial charge in [0.1, 0.15) is 12.3 Å². The Morgan fingerprint density at radius 1 is 0.725 bits per heavy atom. The van der Waals surface area contributed by atoms with Gasteiger partial charge >= 0.3 is 20.4 Å². The fourth-order valence-corrected chi connectivity index (χ4v) is 11.7. The minimum atomic E-state index is -0.352. The third-order valence-electron chi connectivity index (χ3n) is 9.13. The van der Waals surface area contributed by atoms with E-state index >= 15 is 0 Å². The van der Waals surface area contributed by atoms with E-state index in [2.05, 4.69) is 79.4 Å². The van der Waals surface area contributed by atoms with Crippen molar-refractivity contribution in [2.45, 2.75) is 75.5 Å². The van der Waals surface area contributed by atoms with Crippen molar-refractivity contribution >= 4 is 30.3 Å². The van der Waals surface area contributed by atoms with Gasteiger partial charge in [0, 0.05) is 29.3 Å². The fourth-order valence-electron chi connectivity index (χ4n) is 7.57. The summed E-state index contributed by atoms with van der Waals surface area (Å²) >= 11 is 0. The number of rotatable bonds is 7. The van der Waals surface area contributed by atoms with Crippen LogP contribution >= 0.6 is 7.92 Å². The molecule has 0 saturated heterocycles. The number of para-hydroxylation sites is 2. The normalized spacial score (nSPS) is 17.9. The van der Waals surface area contributed by atoms with Gasteiger partial charge in [0.25, 0.3) is 0 Å². The summed E-state index contributed by atoms with van der Waals surface area (Å²) in [5.41, 5.74) is 8.50. The summed E-state index contributed by atoms with van der Waals surface area (Å²) in [6.45, 7) is 5.14. The van der Waals surface area contributed by atoms with Gasteiger partial charge in [-0.05, 0) is 61.3 Å². The van der Waals surface area contributed by atoms with Crippen molar-refractivity contribution in [2.24, 2.45) is 0 Å². The van der Waals surface area contributed by atoms with E-state index in [9.17, 15) is 0 Å². The summed E-state index contributed by atoms with van der Waals surface area (Å²) < 4.78 is 7.01. The number of hydrogen-bond acceptors (Lipinski definition) is 1. The standard InChI is InChI=1S/C34H41NOP.2ClH.Pd/c1-3-25-35(30-21-12-10-19-28(30)29-20-11-13-22-31(29)35)32-23-14-24-33(36-2)34(32)37(26-15-6-4-7-16-26)27-17-8-5-9-18-27;;;/h3,10-14,19-24,26-27H,1,4-9,15-18,25H2,2H3;2*1H;/q+1;;;+2/p-2. The van der Waals surface area contributed by atoms with Gasteiger partial charge in [0.2, 0.25) is 0 Å². The second-order valence-corrected chi connectivity index (χ2v) is 13.9. The molecule has 0 atom stereocenters. The predicted molar refractivity (Wildman–Crippen MR) is 161 cm³/mol. The van der Waals surface area contributed by atoms with Crippen LogP contribution in [0.4, 0.5) is 17.1 Å². The van der Waals surface area contributed by atoms with Crippen LogP contribution < -0.4 is 39.3 Å². The van der Waals surface area contributed by atoms with Crippen molar-refractivity contribution in [1.29, 1.82) is 0 Å². The van der Waals surface area contributed by atoms with E-state index in [-0.39, 0.29) is 53.2 Å². The maximum atomic E-state index is 6.29. The molecule has 2 fully saturated rings. The molecule has 216 valence electrons. The van der Waals surface area contributed by atoms with Gasteiger partial charge in [0.15, 0.2) is 17.1 Å². The molecule has 40 heavy (non-hydrogen) atoms. The molecule has 0 N–H and O–H groups in total. The van der Waals surface area contributed by atoms with Gasteiger partial charge in [-0.15, -0.1) is 0 Å². The zero-order valence-corrected chi connectivity index (χ0v) is 27.4. The predicted octanol–water partition coefficient (Wildman–Crippen LogP) is 3.61. The first-order valence-corrected chi connectivity index (χ1v) is 15.9. The number of methoxy groups -OCH3 is 1. The second-order valence-electron chi connectivity index (χ2n) is 11.1. The monoisotopic (exact) mass is 686 g/mol. The van der Waals surface area contributed by atoms with Crippen molar-refractivity contribution in [3.8, 4) is 16.9 Å². The number of fused-ring (bicyclic) bond motifs is 3. The van der Waals surface area contributed by atoms with Crippen LogP contribution in [-0.2, 0) is 20.4 Å². The van der Waals surface area contributed by atoms with Crippen molar-refractivity contribution in [2.75, 3.05) is 13.7 Å². The molecule has 6 rings (SSSR count). The van der Waals surface area contributed by atoms with Gasteiger partial charge in [-0.25, -0.2) is 4.48 Å². The van der Waals surface area contributed by atoms with Crippen LogP contribution in [-0.4, -0.2) is 25.0 Å². The summed E-state index contributed by atoms with van der Waals surface area (Å²) in [6, 6.07) is 25.0. The van der Waals surface area contributed by atoms with E-state index in [0.717, 1.165) is 28.1 Å². The fraction of sp³-hybridized carbons (Fsp3) is 0.412. The third-order valence-corrected chi connectivity index (χ3v) is 12.7. The van der Waals surface area contributed by atoms with Gasteiger partial charge in [-0.2, -0.15) is 0 Å². The molecule has 0 radical (unpaired) electrons. The van der Waals surface area contributed by atoms with E-state index in [4.69, 9.17) is 4.74 Å². The summed E-state index contributed by atoms with van der Waals surface area (Å²) in [6.07, 6.45) is 16.0. The van der Waals surface area contributed by atoms with Crippen molar-refractivity contribution in [3.63, 3.8) is 0 Å². The maximum absolute atomic E-state index is 6.29. The van der Waals surface area contributed by atoms with Crippen LogP contribution in [0.15, 0.2) is 79.4 Å². The second kappa shape index (κ2) is 14.8. The molecule has 1 aliphatic heterocycles. The molecule has 1 heterocycles. The van der Waals surface area contributed by atoms with Crippen LogP contribution in [0.25, 0.3) is 11.1 Å². The van der Waals surface area contributed by atoms with Crippen molar-refractivity contribution < 1.29 is 50.0 Å². The van der Waals surface area contributed by atoms with Crippen LogP contribution in [0.2, 0.25) is 0 Å². The minimum Gasteiger partial charge on any atom is -1.00 e. The Bertz CT molecular complexity index is 1210. The largest absolute Gasteiger partial charge is 2.00 e. The van der Waals surface area contributed by atoms with E-state index in [1.165, 1.54) is 92.4 Å². The summed E-state index contributed by atoms with van der Waals surface area (Å²) in [5, 5.41) is 1.55. The number of nitrogens with zero attached hydrogens (tertiary/aromatic N) is 1. The number of ether oxygens (including phenoxy) is 1. The molecule has 0 aromatic heterocycles. The molecule has 0 amide bonds. The molecular formula is C34H41Cl2NOPPd+. The summed E-state index contributed by atoms with van der Waals surface area (Å²) in [7, 11) is 1.54. The Morgan fingerprint density at radius 2 is 1.20 bits per heavy atom. The Morgan fingerprint density at radius 3 is 1.68 bits per heavy atom. The van der Waals surface area contributed by atoms with E-state index in [1.807, 2.05) is 7.11 Å². The summed E-state index contributed by atoms with van der Waals surface area (Å²) in [4.78, 5) is 0. The first-order valence-electron chi connectivity index (χ1n) is 14.4. The molecule has 3 aliphatic rings. The zero-order valence-electron chi connectivity index (χ0n) is 23.4. The van der Waals surface area contributed by atoms with Gasteiger partial charge < -0.3 is 29.6 Å². The van der Waals surface area contributed by atoms with Crippen molar-refractivity contribution in [1.82, 2.24) is 4.48 Å². The molecule has 2 nitrogen and oxygen atoms in total. The Balaban J connectivity index is 0.00000147. The van der Waals surface area contributed by atoms with Gasteiger partial charge in [-0.3, -0.25) is 0 Å². The molecule has 0 bridgehead atoms. The Hall–Kier alpha value is -1.17. The quantitative estimate of drug-likeness (QED) is 0.160. The number of hydrogen-bond donors (Lipinski definition) is 0. The van der Waals surface area contributed by atoms with E-state index in [1.54, 1.807) is 5.30 Å². The van der Waals surface area contributed by atoms with Crippen LogP contribution in [0.5, 0.6) is 5.75 Å². The van der Waals surface area contributed by atoms with Crippen LogP contribution in [0, 0.1) is 0 Å². The molecule has 3 aromatic rings. The SMILES string of the molecule is C=CC[N+]1(c2cccc(OC)c2P(C2CCCCC2)C2CCCCC2)c2ccccc2-c2ccccc21.[Cl-].[Cl-].[Pd+2]. The molecule has 3 aromatic carbocycles.